The molecule has 0 spiro atoms. The normalized spacial score (nSPS) is 11.3. The molecule has 3 N–H and O–H groups in total. The Labute approximate surface area is 123 Å². The van der Waals surface area contributed by atoms with Crippen molar-refractivity contribution in [1.29, 1.82) is 0 Å². The Morgan fingerprint density at radius 3 is 2.58 bits per heavy atom. The molecule has 0 fully saturated rings. The Kier molecular flexibility index (Phi) is 6.16. The Morgan fingerprint density at radius 2 is 2.11 bits per heavy atom. The van der Waals surface area contributed by atoms with Crippen molar-refractivity contribution in [2.45, 2.75) is 18.7 Å². The lowest BCUT2D eigenvalue weighted by Crippen LogP contribution is -2.20. The van der Waals surface area contributed by atoms with E-state index in [1.165, 1.54) is 11.3 Å². The number of nitrogens with zero attached hydrogens (tertiary/aromatic N) is 1. The topological polar surface area (TPSA) is 58.4 Å². The van der Waals surface area contributed by atoms with Crippen molar-refractivity contribution in [2.75, 3.05) is 44.5 Å². The van der Waals surface area contributed by atoms with Crippen LogP contribution in [0.3, 0.4) is 0 Å². The molecule has 0 aliphatic heterocycles. The molecule has 1 aromatic rings. The summed E-state index contributed by atoms with van der Waals surface area (Å²) in [5.41, 5.74) is 6.73. The molecule has 0 aromatic carbocycles. The second kappa shape index (κ2) is 7.17. The standard InChI is InChI=1S/C13H23N3OS2/c1-8(2)10(17)11-9(14)12(18-5)13(19-11)15-6-7-16(3)4/h8,15H,6-7,14H2,1-5H3. The van der Waals surface area contributed by atoms with E-state index in [2.05, 4.69) is 10.2 Å². The largest absolute Gasteiger partial charge is 0.396 e. The van der Waals surface area contributed by atoms with Crippen molar-refractivity contribution in [3.8, 4) is 0 Å². The second-order valence-electron chi connectivity index (χ2n) is 4.96. The highest BCUT2D eigenvalue weighted by Crippen LogP contribution is 2.42. The van der Waals surface area contributed by atoms with E-state index in [0.717, 1.165) is 23.0 Å². The highest BCUT2D eigenvalue weighted by molar-refractivity contribution is 7.99. The number of anilines is 2. The van der Waals surface area contributed by atoms with Crippen LogP contribution in [-0.2, 0) is 0 Å². The minimum absolute atomic E-state index is 0.0229. The lowest BCUT2D eigenvalue weighted by Gasteiger charge is -2.11. The fraction of sp³-hybridized carbons (Fsp3) is 0.615. The van der Waals surface area contributed by atoms with Gasteiger partial charge >= 0.3 is 0 Å². The summed E-state index contributed by atoms with van der Waals surface area (Å²) in [7, 11) is 4.07. The number of thioether (sulfide) groups is 1. The van der Waals surface area contributed by atoms with E-state index in [4.69, 9.17) is 5.73 Å². The minimum atomic E-state index is -0.0229. The predicted molar refractivity (Wildman–Crippen MR) is 86.7 cm³/mol. The van der Waals surface area contributed by atoms with E-state index < -0.39 is 0 Å². The molecule has 0 amide bonds. The van der Waals surface area contributed by atoms with E-state index in [1.54, 1.807) is 11.8 Å². The van der Waals surface area contributed by atoms with Crippen molar-refractivity contribution >= 4 is 39.6 Å². The number of likely N-dealkylation sites (N-methyl/N-ethyl adjacent to an activating group) is 1. The monoisotopic (exact) mass is 301 g/mol. The second-order valence-corrected chi connectivity index (χ2v) is 6.79. The molecule has 6 heteroatoms. The molecule has 1 heterocycles. The van der Waals surface area contributed by atoms with Crippen LogP contribution < -0.4 is 11.1 Å². The first kappa shape index (κ1) is 16.3. The summed E-state index contributed by atoms with van der Waals surface area (Å²) in [4.78, 5) is 15.9. The summed E-state index contributed by atoms with van der Waals surface area (Å²) >= 11 is 3.06. The summed E-state index contributed by atoms with van der Waals surface area (Å²) < 4.78 is 0. The first-order chi connectivity index (χ1) is 8.88. The van der Waals surface area contributed by atoms with Gasteiger partial charge in [0.25, 0.3) is 0 Å². The van der Waals surface area contributed by atoms with Crippen LogP contribution in [0.5, 0.6) is 0 Å². The Hall–Kier alpha value is -0.720. The van der Waals surface area contributed by atoms with E-state index in [-0.39, 0.29) is 11.7 Å². The lowest BCUT2D eigenvalue weighted by atomic mass is 10.1. The number of nitrogens with one attached hydrogen (secondary N) is 1. The number of carbonyl (C=O) groups is 1. The molecular formula is C13H23N3OS2. The van der Waals surface area contributed by atoms with Gasteiger partial charge in [-0.15, -0.1) is 23.1 Å². The summed E-state index contributed by atoms with van der Waals surface area (Å²) in [6.07, 6.45) is 1.99. The van der Waals surface area contributed by atoms with Crippen LogP contribution in [0.1, 0.15) is 23.5 Å². The molecule has 0 saturated carbocycles. The van der Waals surface area contributed by atoms with Crippen LogP contribution in [0.15, 0.2) is 4.90 Å². The van der Waals surface area contributed by atoms with Gasteiger partial charge in [-0.05, 0) is 20.4 Å². The van der Waals surface area contributed by atoms with E-state index in [0.29, 0.717) is 10.6 Å². The quantitative estimate of drug-likeness (QED) is 0.599. The number of rotatable bonds is 7. The van der Waals surface area contributed by atoms with Crippen molar-refractivity contribution < 1.29 is 4.79 Å². The molecule has 0 saturated heterocycles. The van der Waals surface area contributed by atoms with Gasteiger partial charge in [0.2, 0.25) is 0 Å². The number of hydrogen-bond donors (Lipinski definition) is 2. The van der Waals surface area contributed by atoms with Crippen LogP contribution in [0.25, 0.3) is 0 Å². The Bertz CT molecular complexity index is 441. The van der Waals surface area contributed by atoms with Crippen LogP contribution in [-0.4, -0.2) is 44.1 Å². The van der Waals surface area contributed by atoms with Crippen LogP contribution in [0, 0.1) is 5.92 Å². The maximum absolute atomic E-state index is 12.1. The molecule has 4 nitrogen and oxygen atoms in total. The highest BCUT2D eigenvalue weighted by Gasteiger charge is 2.22. The molecule has 0 aliphatic rings. The summed E-state index contributed by atoms with van der Waals surface area (Å²) in [5, 5.41) is 4.38. The number of hydrogen-bond acceptors (Lipinski definition) is 6. The summed E-state index contributed by atoms with van der Waals surface area (Å²) in [6.45, 7) is 5.59. The number of nitrogen functional groups attached to an aromatic ring is 1. The molecule has 1 rings (SSSR count). The van der Waals surface area contributed by atoms with Gasteiger partial charge in [-0.2, -0.15) is 0 Å². The minimum Gasteiger partial charge on any atom is -0.396 e. The fourth-order valence-electron chi connectivity index (χ4n) is 1.59. The predicted octanol–water partition coefficient (Wildman–Crippen LogP) is 2.86. The number of thiophene rings is 1. The zero-order chi connectivity index (χ0) is 14.6. The van der Waals surface area contributed by atoms with E-state index in [9.17, 15) is 4.79 Å². The van der Waals surface area contributed by atoms with Crippen molar-refractivity contribution in [2.24, 2.45) is 5.92 Å². The zero-order valence-electron chi connectivity index (χ0n) is 12.2. The molecule has 0 aliphatic carbocycles. The molecule has 0 bridgehead atoms. The lowest BCUT2D eigenvalue weighted by molar-refractivity contribution is 0.0944. The highest BCUT2D eigenvalue weighted by atomic mass is 32.2. The number of carbonyl (C=O) groups excluding carboxylic acids is 1. The van der Waals surface area contributed by atoms with Gasteiger partial charge in [-0.3, -0.25) is 4.79 Å². The smallest absolute Gasteiger partial charge is 0.177 e. The van der Waals surface area contributed by atoms with Crippen molar-refractivity contribution in [1.82, 2.24) is 4.90 Å². The van der Waals surface area contributed by atoms with Gasteiger partial charge in [0.1, 0.15) is 5.00 Å². The third-order valence-electron chi connectivity index (χ3n) is 2.70. The van der Waals surface area contributed by atoms with E-state index in [1.807, 2.05) is 34.2 Å². The van der Waals surface area contributed by atoms with Gasteiger partial charge in [-0.25, -0.2) is 0 Å². The Balaban J connectivity index is 2.92. The first-order valence-electron chi connectivity index (χ1n) is 6.27. The molecule has 0 unspecified atom stereocenters. The van der Waals surface area contributed by atoms with Gasteiger partial charge < -0.3 is 16.0 Å². The molecule has 108 valence electrons. The van der Waals surface area contributed by atoms with Crippen LogP contribution in [0.4, 0.5) is 10.7 Å². The maximum atomic E-state index is 12.1. The molecule has 0 atom stereocenters. The fourth-order valence-corrected chi connectivity index (χ4v) is 3.73. The Morgan fingerprint density at radius 1 is 1.47 bits per heavy atom. The summed E-state index contributed by atoms with van der Waals surface area (Å²) in [5.74, 6) is 0.101. The third kappa shape index (κ3) is 4.12. The average molecular weight is 301 g/mol. The van der Waals surface area contributed by atoms with Crippen LogP contribution >= 0.6 is 23.1 Å². The zero-order valence-corrected chi connectivity index (χ0v) is 13.9. The van der Waals surface area contributed by atoms with Gasteiger partial charge in [0, 0.05) is 19.0 Å². The first-order valence-corrected chi connectivity index (χ1v) is 8.31. The van der Waals surface area contributed by atoms with Crippen molar-refractivity contribution in [3.05, 3.63) is 4.88 Å². The third-order valence-corrected chi connectivity index (χ3v) is 4.84. The molecule has 19 heavy (non-hydrogen) atoms. The summed E-state index contributed by atoms with van der Waals surface area (Å²) in [6, 6.07) is 0. The molecule has 1 aromatic heterocycles. The van der Waals surface area contributed by atoms with Crippen molar-refractivity contribution in [3.63, 3.8) is 0 Å². The van der Waals surface area contributed by atoms with E-state index >= 15 is 0 Å². The van der Waals surface area contributed by atoms with Crippen LogP contribution in [0.2, 0.25) is 0 Å². The number of Topliss-reactive ketones (excluding diaryl/α,β-unsaturated/α-hetero) is 1. The van der Waals surface area contributed by atoms with Gasteiger partial charge in [-0.1, -0.05) is 13.8 Å². The molecule has 0 radical (unpaired) electrons. The molecular weight excluding hydrogens is 278 g/mol. The van der Waals surface area contributed by atoms with Gasteiger partial charge in [0.05, 0.1) is 15.5 Å². The average Bonchev–Trinajstić information content (AvgIpc) is 2.64. The number of ketones is 1. The van der Waals surface area contributed by atoms with Gasteiger partial charge in [0.15, 0.2) is 5.78 Å². The SMILES string of the molecule is CSc1c(NCCN(C)C)sc(C(=O)C(C)C)c1N. The maximum Gasteiger partial charge on any atom is 0.177 e. The number of nitrogens with two attached hydrogens (primary N) is 1.